The molecule has 0 fully saturated rings. The fourth-order valence-corrected chi connectivity index (χ4v) is 1.48. The number of hydrogen-bond donors (Lipinski definition) is 1. The molecule has 6 nitrogen and oxygen atoms in total. The van der Waals surface area contributed by atoms with Crippen LogP contribution in [0.3, 0.4) is 0 Å². The Bertz CT molecular complexity index is 735. The molecule has 0 aliphatic carbocycles. The predicted molar refractivity (Wildman–Crippen MR) is 73.3 cm³/mol. The Kier molecular flexibility index (Phi) is 4.47. The average molecular weight is 279 g/mol. The van der Waals surface area contributed by atoms with Crippen molar-refractivity contribution in [2.45, 2.75) is 0 Å². The molecule has 0 aliphatic rings. The van der Waals surface area contributed by atoms with Crippen LogP contribution in [-0.2, 0) is 0 Å². The van der Waals surface area contributed by atoms with Crippen LogP contribution in [0.15, 0.2) is 36.7 Å². The SMILES string of the molecule is N#CC#CCOc1ccc(-c2ncc(C(=O)O)cn2)cc1. The number of ether oxygens (including phenoxy) is 1. The molecule has 1 N–H and O–H groups in total. The van der Waals surface area contributed by atoms with Crippen LogP contribution in [0, 0.1) is 23.2 Å². The first-order chi connectivity index (χ1) is 10.2. The van der Waals surface area contributed by atoms with E-state index >= 15 is 0 Å². The van der Waals surface area contributed by atoms with Gasteiger partial charge in [-0.1, -0.05) is 0 Å². The first kappa shape index (κ1) is 14.0. The minimum Gasteiger partial charge on any atom is -0.481 e. The van der Waals surface area contributed by atoms with Crippen molar-refractivity contribution in [3.05, 3.63) is 42.2 Å². The van der Waals surface area contributed by atoms with E-state index in [1.54, 1.807) is 30.3 Å². The first-order valence-electron chi connectivity index (χ1n) is 5.86. The Morgan fingerprint density at radius 2 is 1.90 bits per heavy atom. The topological polar surface area (TPSA) is 96.1 Å². The van der Waals surface area contributed by atoms with E-state index in [1.807, 2.05) is 0 Å². The van der Waals surface area contributed by atoms with Gasteiger partial charge in [-0.2, -0.15) is 5.26 Å². The maximum absolute atomic E-state index is 10.7. The lowest BCUT2D eigenvalue weighted by molar-refractivity contribution is 0.0696. The molecule has 0 amide bonds. The van der Waals surface area contributed by atoms with E-state index in [4.69, 9.17) is 15.1 Å². The molecule has 0 saturated carbocycles. The van der Waals surface area contributed by atoms with E-state index in [2.05, 4.69) is 21.8 Å². The molecule has 0 radical (unpaired) electrons. The number of hydrogen-bond acceptors (Lipinski definition) is 5. The highest BCUT2D eigenvalue weighted by atomic mass is 16.5. The second-order valence-electron chi connectivity index (χ2n) is 3.83. The van der Waals surface area contributed by atoms with Gasteiger partial charge in [0.25, 0.3) is 0 Å². The van der Waals surface area contributed by atoms with Crippen molar-refractivity contribution >= 4 is 5.97 Å². The van der Waals surface area contributed by atoms with Crippen LogP contribution < -0.4 is 4.74 Å². The summed E-state index contributed by atoms with van der Waals surface area (Å²) in [6.45, 7) is 0.136. The van der Waals surface area contributed by atoms with Crippen molar-refractivity contribution < 1.29 is 14.6 Å². The van der Waals surface area contributed by atoms with Crippen LogP contribution in [0.25, 0.3) is 11.4 Å². The van der Waals surface area contributed by atoms with Gasteiger partial charge in [-0.15, -0.1) is 0 Å². The number of aromatic nitrogens is 2. The predicted octanol–water partition coefficient (Wildman–Crippen LogP) is 1.75. The van der Waals surface area contributed by atoms with Gasteiger partial charge in [0, 0.05) is 23.9 Å². The third-order valence-electron chi connectivity index (χ3n) is 2.47. The highest BCUT2D eigenvalue weighted by molar-refractivity contribution is 5.86. The Morgan fingerprint density at radius 1 is 1.24 bits per heavy atom. The number of aromatic carboxylic acids is 1. The summed E-state index contributed by atoms with van der Waals surface area (Å²) >= 11 is 0. The minimum absolute atomic E-state index is 0.0368. The Morgan fingerprint density at radius 3 is 2.48 bits per heavy atom. The molecule has 1 heterocycles. The summed E-state index contributed by atoms with van der Waals surface area (Å²) in [5.41, 5.74) is 0.775. The number of carboxylic acids is 1. The smallest absolute Gasteiger partial charge is 0.338 e. The molecule has 6 heteroatoms. The largest absolute Gasteiger partial charge is 0.481 e. The second-order valence-corrected chi connectivity index (χ2v) is 3.83. The van der Waals surface area contributed by atoms with Crippen LogP contribution in [0.2, 0.25) is 0 Å². The highest BCUT2D eigenvalue weighted by Crippen LogP contribution is 2.19. The molecule has 21 heavy (non-hydrogen) atoms. The van der Waals surface area contributed by atoms with Crippen LogP contribution in [0.1, 0.15) is 10.4 Å². The molecule has 2 aromatic rings. The van der Waals surface area contributed by atoms with Gasteiger partial charge in [-0.25, -0.2) is 14.8 Å². The Hall–Kier alpha value is -3.38. The number of rotatable bonds is 4. The average Bonchev–Trinajstić information content (AvgIpc) is 2.52. The van der Waals surface area contributed by atoms with Crippen molar-refractivity contribution in [2.24, 2.45) is 0 Å². The van der Waals surface area contributed by atoms with Crippen LogP contribution in [0.4, 0.5) is 0 Å². The maximum Gasteiger partial charge on any atom is 0.338 e. The van der Waals surface area contributed by atoms with E-state index in [9.17, 15) is 4.79 Å². The third kappa shape index (κ3) is 3.79. The summed E-state index contributed by atoms with van der Waals surface area (Å²) in [5.74, 6) is 4.73. The van der Waals surface area contributed by atoms with Gasteiger partial charge >= 0.3 is 5.97 Å². The number of nitrogens with zero attached hydrogens (tertiary/aromatic N) is 3. The van der Waals surface area contributed by atoms with Crippen molar-refractivity contribution in [1.82, 2.24) is 9.97 Å². The highest BCUT2D eigenvalue weighted by Gasteiger charge is 2.06. The van der Waals surface area contributed by atoms with Crippen molar-refractivity contribution in [3.8, 4) is 35.0 Å². The van der Waals surface area contributed by atoms with E-state index in [0.717, 1.165) is 5.56 Å². The summed E-state index contributed by atoms with van der Waals surface area (Å²) in [4.78, 5) is 18.7. The molecule has 0 bridgehead atoms. The second kappa shape index (κ2) is 6.69. The third-order valence-corrected chi connectivity index (χ3v) is 2.47. The molecular weight excluding hydrogens is 270 g/mol. The Balaban J connectivity index is 2.08. The minimum atomic E-state index is -1.07. The van der Waals surface area contributed by atoms with Crippen LogP contribution >= 0.6 is 0 Å². The summed E-state index contributed by atoms with van der Waals surface area (Å²) in [6.07, 6.45) is 2.51. The maximum atomic E-state index is 10.7. The molecule has 0 atom stereocenters. The summed E-state index contributed by atoms with van der Waals surface area (Å²) in [6, 6.07) is 8.64. The van der Waals surface area contributed by atoms with E-state index in [0.29, 0.717) is 11.6 Å². The molecule has 1 aromatic carbocycles. The molecule has 102 valence electrons. The van der Waals surface area contributed by atoms with Gasteiger partial charge in [0.15, 0.2) is 11.9 Å². The van der Waals surface area contributed by atoms with Crippen LogP contribution in [0.5, 0.6) is 5.75 Å². The normalized spacial score (nSPS) is 9.10. The van der Waals surface area contributed by atoms with E-state index in [-0.39, 0.29) is 12.2 Å². The summed E-state index contributed by atoms with van der Waals surface area (Å²) in [7, 11) is 0. The summed E-state index contributed by atoms with van der Waals surface area (Å²) < 4.78 is 5.31. The zero-order chi connectivity index (χ0) is 15.1. The monoisotopic (exact) mass is 279 g/mol. The number of benzene rings is 1. The van der Waals surface area contributed by atoms with E-state index in [1.165, 1.54) is 12.4 Å². The van der Waals surface area contributed by atoms with Gasteiger partial charge < -0.3 is 9.84 Å². The van der Waals surface area contributed by atoms with Gasteiger partial charge in [0.2, 0.25) is 0 Å². The molecule has 1 aromatic heterocycles. The lowest BCUT2D eigenvalue weighted by Crippen LogP contribution is -1.99. The Labute approximate surface area is 120 Å². The van der Waals surface area contributed by atoms with Crippen molar-refractivity contribution in [3.63, 3.8) is 0 Å². The first-order valence-corrected chi connectivity index (χ1v) is 5.86. The standard InChI is InChI=1S/C15H9N3O3/c16-7-1-2-8-21-13-5-3-11(4-6-13)14-17-9-12(10-18-14)15(19)20/h3-6,9-10H,8H2,(H,19,20). The number of carbonyl (C=O) groups is 1. The fraction of sp³-hybridized carbons (Fsp3) is 0.0667. The van der Waals surface area contributed by atoms with Crippen molar-refractivity contribution in [2.75, 3.05) is 6.61 Å². The van der Waals surface area contributed by atoms with Crippen molar-refractivity contribution in [1.29, 1.82) is 5.26 Å². The van der Waals surface area contributed by atoms with E-state index < -0.39 is 5.97 Å². The number of nitriles is 1. The van der Waals surface area contributed by atoms with Gasteiger partial charge in [-0.05, 0) is 30.2 Å². The lowest BCUT2D eigenvalue weighted by atomic mass is 10.2. The van der Waals surface area contributed by atoms with Gasteiger partial charge in [0.1, 0.15) is 12.4 Å². The zero-order valence-electron chi connectivity index (χ0n) is 10.8. The lowest BCUT2D eigenvalue weighted by Gasteiger charge is -2.04. The number of carboxylic acid groups (broad SMARTS) is 1. The van der Waals surface area contributed by atoms with Crippen LogP contribution in [-0.4, -0.2) is 27.7 Å². The molecule has 0 aliphatic heterocycles. The molecule has 0 spiro atoms. The molecule has 0 unspecified atom stereocenters. The quantitative estimate of drug-likeness (QED) is 0.856. The fourth-order valence-electron chi connectivity index (χ4n) is 1.48. The molecule has 2 rings (SSSR count). The zero-order valence-corrected chi connectivity index (χ0v) is 10.8. The summed E-state index contributed by atoms with van der Waals surface area (Å²) in [5, 5.41) is 17.0. The molecule has 0 saturated heterocycles. The van der Waals surface area contributed by atoms with Gasteiger partial charge in [0.05, 0.1) is 5.56 Å². The van der Waals surface area contributed by atoms with Gasteiger partial charge in [-0.3, -0.25) is 0 Å². The molecular formula is C15H9N3O3.